The predicted octanol–water partition coefficient (Wildman–Crippen LogP) is 12.1. The number of aliphatic imine (C=N–C) groups is 1. The van der Waals surface area contributed by atoms with Crippen molar-refractivity contribution in [3.8, 4) is 0 Å². The first kappa shape index (κ1) is 29.7. The molecule has 7 aromatic carbocycles. The summed E-state index contributed by atoms with van der Waals surface area (Å²) in [5.74, 6) is -0.134. The molecule has 0 spiro atoms. The molecule has 0 saturated carbocycles. The van der Waals surface area contributed by atoms with Crippen LogP contribution in [0.15, 0.2) is 77.8 Å². The zero-order chi connectivity index (χ0) is 33.3. The van der Waals surface area contributed by atoms with Crippen molar-refractivity contribution in [3.63, 3.8) is 0 Å². The van der Waals surface area contributed by atoms with E-state index >= 15 is 0 Å². The van der Waals surface area contributed by atoms with E-state index in [-0.39, 0.29) is 5.78 Å². The van der Waals surface area contributed by atoms with Gasteiger partial charge in [-0.1, -0.05) is 83.3 Å². The number of aromatic nitrogens is 2. The number of imidazole rings is 1. The fourth-order valence-electron chi connectivity index (χ4n) is 7.62. The Bertz CT molecular complexity index is 2990. The molecule has 4 nitrogen and oxygen atoms in total. The maximum atomic E-state index is 13.3. The monoisotopic (exact) mass is 701 g/mol. The Balaban J connectivity index is 1.56. The van der Waals surface area contributed by atoms with E-state index in [2.05, 4.69) is 11.0 Å². The zero-order valence-electron chi connectivity index (χ0n) is 25.9. The van der Waals surface area contributed by atoms with Gasteiger partial charge in [-0.2, -0.15) is 0 Å². The van der Waals surface area contributed by atoms with Gasteiger partial charge in [0.15, 0.2) is 5.78 Å². The molecule has 0 N–H and O–H groups in total. The van der Waals surface area contributed by atoms with E-state index in [0.29, 0.717) is 47.5 Å². The first-order chi connectivity index (χ1) is 23.1. The number of hydrogen-bond donors (Lipinski definition) is 0. The number of rotatable bonds is 3. The van der Waals surface area contributed by atoms with Crippen molar-refractivity contribution in [1.82, 2.24) is 9.38 Å². The van der Waals surface area contributed by atoms with E-state index in [9.17, 15) is 4.79 Å². The normalized spacial score (nSPS) is 12.8. The summed E-state index contributed by atoms with van der Waals surface area (Å²) in [4.78, 5) is 23.4. The lowest BCUT2D eigenvalue weighted by Crippen LogP contribution is -2.13. The molecule has 0 atom stereocenters. The molecule has 9 rings (SSSR count). The third-order valence-corrected chi connectivity index (χ3v) is 10.9. The third kappa shape index (κ3) is 3.83. The molecule has 0 bridgehead atoms. The topological polar surface area (TPSA) is 46.7 Å². The summed E-state index contributed by atoms with van der Waals surface area (Å²) in [5.41, 5.74) is 6.30. The zero-order valence-corrected chi connectivity index (χ0v) is 28.9. The molecule has 0 aliphatic carbocycles. The van der Waals surface area contributed by atoms with E-state index in [1.165, 1.54) is 0 Å². The van der Waals surface area contributed by atoms with Crippen molar-refractivity contribution in [1.29, 1.82) is 0 Å². The Morgan fingerprint density at radius 2 is 1.25 bits per heavy atom. The van der Waals surface area contributed by atoms with Gasteiger partial charge in [0.05, 0.1) is 16.7 Å². The van der Waals surface area contributed by atoms with E-state index in [1.54, 1.807) is 13.0 Å². The Labute approximate surface area is 294 Å². The van der Waals surface area contributed by atoms with Crippen molar-refractivity contribution in [2.45, 2.75) is 20.8 Å². The number of aryl methyl sites for hydroxylation is 1. The van der Waals surface area contributed by atoms with Crippen LogP contribution in [0, 0.1) is 6.92 Å². The predicted molar refractivity (Wildman–Crippen MR) is 205 cm³/mol. The smallest absolute Gasteiger partial charge is 0.160 e. The molecule has 0 aliphatic rings. The van der Waals surface area contributed by atoms with Gasteiger partial charge in [-0.15, -0.1) is 0 Å². The number of halogens is 4. The summed E-state index contributed by atoms with van der Waals surface area (Å²) in [7, 11) is 0. The number of ketones is 1. The van der Waals surface area contributed by atoms with Crippen LogP contribution >= 0.6 is 46.4 Å². The second-order valence-electron chi connectivity index (χ2n) is 12.4. The van der Waals surface area contributed by atoms with Gasteiger partial charge < -0.3 is 0 Å². The summed E-state index contributed by atoms with van der Waals surface area (Å²) < 4.78 is 2.06. The number of carbonyl (C=O) groups excluding carboxylic acids is 1. The minimum atomic E-state index is -0.134. The molecule has 0 saturated heterocycles. The van der Waals surface area contributed by atoms with Gasteiger partial charge in [0.1, 0.15) is 5.65 Å². The first-order valence-electron chi connectivity index (χ1n) is 15.3. The van der Waals surface area contributed by atoms with Crippen LogP contribution in [0.4, 0.5) is 5.69 Å². The minimum absolute atomic E-state index is 0.134. The molecule has 8 heteroatoms. The van der Waals surface area contributed by atoms with Crippen LogP contribution in [0.2, 0.25) is 20.1 Å². The largest absolute Gasteiger partial charge is 0.294 e. The molecular formula is C40H23Cl4N3O. The van der Waals surface area contributed by atoms with Crippen molar-refractivity contribution >= 4 is 141 Å². The number of para-hydroxylation sites is 3. The fraction of sp³-hybridized carbons (Fsp3) is 0.0750. The Kier molecular flexibility index (Phi) is 6.35. The highest BCUT2D eigenvalue weighted by molar-refractivity contribution is 6.56. The van der Waals surface area contributed by atoms with Gasteiger partial charge in [0.2, 0.25) is 0 Å². The highest BCUT2D eigenvalue weighted by atomic mass is 35.5. The van der Waals surface area contributed by atoms with Crippen LogP contribution in [0.25, 0.3) is 77.1 Å². The number of Topliss-reactive ketones (excluding diaryl/α,β-unsaturated/α-hetero) is 1. The average Bonchev–Trinajstić information content (AvgIpc) is 3.45. The van der Waals surface area contributed by atoms with Crippen LogP contribution in [0.5, 0.6) is 0 Å². The molecule has 2 aromatic heterocycles. The van der Waals surface area contributed by atoms with Crippen LogP contribution in [-0.2, 0) is 0 Å². The van der Waals surface area contributed by atoms with Gasteiger partial charge in [-0.3, -0.25) is 14.2 Å². The van der Waals surface area contributed by atoms with Crippen molar-refractivity contribution in [2.75, 3.05) is 0 Å². The number of pyridine rings is 1. The van der Waals surface area contributed by atoms with Crippen LogP contribution in [0.1, 0.15) is 35.3 Å². The summed E-state index contributed by atoms with van der Waals surface area (Å²) >= 11 is 29.2. The first-order valence-corrected chi connectivity index (χ1v) is 16.9. The van der Waals surface area contributed by atoms with Gasteiger partial charge >= 0.3 is 0 Å². The lowest BCUT2D eigenvalue weighted by molar-refractivity contribution is 0.101. The minimum Gasteiger partial charge on any atom is -0.294 e. The van der Waals surface area contributed by atoms with Gasteiger partial charge in [0, 0.05) is 96.1 Å². The lowest BCUT2D eigenvalue weighted by atomic mass is 9.83. The molecule has 48 heavy (non-hydrogen) atoms. The summed E-state index contributed by atoms with van der Waals surface area (Å²) in [6.45, 7) is 10.0. The summed E-state index contributed by atoms with van der Waals surface area (Å²) in [5, 5.41) is 10.3. The maximum Gasteiger partial charge on any atom is 0.160 e. The van der Waals surface area contributed by atoms with Crippen LogP contribution < -0.4 is 5.35 Å². The lowest BCUT2D eigenvalue weighted by Gasteiger charge is -2.23. The maximum absolute atomic E-state index is 13.3. The van der Waals surface area contributed by atoms with E-state index < -0.39 is 0 Å². The quantitative estimate of drug-likeness (QED) is 0.0796. The number of hydrogen-bond acceptors (Lipinski definition) is 3. The fourth-order valence-corrected chi connectivity index (χ4v) is 8.81. The molecule has 0 radical (unpaired) electrons. The number of benzene rings is 7. The van der Waals surface area contributed by atoms with Crippen molar-refractivity contribution in [3.05, 3.63) is 115 Å². The molecule has 2 heterocycles. The molecule has 0 amide bonds. The van der Waals surface area contributed by atoms with Gasteiger partial charge in [-0.05, 0) is 68.8 Å². The molecule has 9 aromatic rings. The van der Waals surface area contributed by atoms with Crippen molar-refractivity contribution in [2.24, 2.45) is 4.99 Å². The van der Waals surface area contributed by atoms with Gasteiger partial charge in [-0.25, -0.2) is 4.98 Å². The molecule has 0 aliphatic heterocycles. The van der Waals surface area contributed by atoms with E-state index in [1.807, 2.05) is 80.6 Å². The highest BCUT2D eigenvalue weighted by Crippen LogP contribution is 2.53. The number of fused-ring (bicyclic) bond motifs is 6. The number of carbonyl (C=O) groups is 1. The number of nitrogens with zero attached hydrogens (tertiary/aromatic N) is 3. The molecular weight excluding hydrogens is 680 g/mol. The second kappa shape index (κ2) is 10.3. The molecule has 232 valence electrons. The summed E-state index contributed by atoms with van der Waals surface area (Å²) in [6.07, 6.45) is 0. The Morgan fingerprint density at radius 1 is 0.688 bits per heavy atom. The average molecular weight is 703 g/mol. The Hall–Kier alpha value is -4.45. The van der Waals surface area contributed by atoms with Crippen LogP contribution in [0.3, 0.4) is 0 Å². The SMILES string of the molecule is C=c1c2cc(Cl)c3c4c(Cl)cc(C(C)=O)c5c(C(C)=Nc6ccccc6C)cc(Cl)c(c6c(Cl)cc(c2c36)c2nc3ccccc3n12)c54. The van der Waals surface area contributed by atoms with Gasteiger partial charge in [0.25, 0.3) is 0 Å². The molecule has 0 unspecified atom stereocenters. The van der Waals surface area contributed by atoms with E-state index in [4.69, 9.17) is 56.4 Å². The standard InChI is InChI=1S/C40H23Cl4N3O/c1-17-9-5-6-10-29(17)45-18(2)21-13-25(41)34-37-28(44)16-24-33-22(19(3)47-31-12-8-7-11-30(31)46-40(24)47)14-26(42)35(39(33)37)36-27(43)15-23(20(4)48)32(21)38(34)36/h5-16H,3H2,1-2,4H3. The summed E-state index contributed by atoms with van der Waals surface area (Å²) in [6, 6.07) is 23.4. The van der Waals surface area contributed by atoms with Crippen LogP contribution in [-0.4, -0.2) is 20.9 Å². The van der Waals surface area contributed by atoms with Crippen molar-refractivity contribution < 1.29 is 4.79 Å². The molecule has 0 fully saturated rings. The highest BCUT2D eigenvalue weighted by Gasteiger charge is 2.28. The second-order valence-corrected chi connectivity index (χ2v) is 14.0. The Morgan fingerprint density at radius 3 is 1.92 bits per heavy atom. The third-order valence-electron chi connectivity index (χ3n) is 9.67. The van der Waals surface area contributed by atoms with E-state index in [0.717, 1.165) is 76.5 Å².